The van der Waals surface area contributed by atoms with Crippen LogP contribution in [0.15, 0.2) is 50.4 Å². The number of amidine groups is 1. The van der Waals surface area contributed by atoms with Crippen LogP contribution in [0.1, 0.15) is 18.2 Å². The van der Waals surface area contributed by atoms with Crippen LogP contribution < -0.4 is 10.6 Å². The van der Waals surface area contributed by atoms with Crippen LogP contribution in [0.25, 0.3) is 0 Å². The summed E-state index contributed by atoms with van der Waals surface area (Å²) in [6.07, 6.45) is 0.0731. The number of thioether (sulfide) groups is 1. The Balaban J connectivity index is 1.68. The zero-order valence-corrected chi connectivity index (χ0v) is 18.0. The molecule has 2 heterocycles. The van der Waals surface area contributed by atoms with Crippen molar-refractivity contribution in [2.24, 2.45) is 10.2 Å². The molecule has 0 radical (unpaired) electrons. The molecule has 1 saturated heterocycles. The molecule has 1 atom stereocenters. The summed E-state index contributed by atoms with van der Waals surface area (Å²) < 4.78 is 0.999. The Bertz CT molecular complexity index is 927. The third-order valence-corrected chi connectivity index (χ3v) is 6.55. The second-order valence-electron chi connectivity index (χ2n) is 5.55. The van der Waals surface area contributed by atoms with Crippen molar-refractivity contribution in [1.29, 1.82) is 0 Å². The van der Waals surface area contributed by atoms with E-state index in [-0.39, 0.29) is 18.2 Å². The van der Waals surface area contributed by atoms with E-state index in [0.717, 1.165) is 14.4 Å². The van der Waals surface area contributed by atoms with Crippen LogP contribution in [-0.4, -0.2) is 27.9 Å². The molecule has 0 saturated carbocycles. The van der Waals surface area contributed by atoms with E-state index in [1.807, 2.05) is 19.1 Å². The third-order valence-electron chi connectivity index (χ3n) is 3.50. The van der Waals surface area contributed by atoms with E-state index >= 15 is 0 Å². The molecule has 0 spiro atoms. The lowest BCUT2D eigenvalue weighted by atomic mass is 10.2. The number of anilines is 1. The molecule has 1 unspecified atom stereocenters. The number of carbonyl (C=O) groups is 2. The van der Waals surface area contributed by atoms with Crippen LogP contribution in [0.2, 0.25) is 5.02 Å². The number of hydrogen-bond donors (Lipinski definition) is 2. The van der Waals surface area contributed by atoms with Gasteiger partial charge in [0.05, 0.1) is 14.4 Å². The molecule has 6 nitrogen and oxygen atoms in total. The molecular weight excluding hydrogens is 472 g/mol. The zero-order chi connectivity index (χ0) is 19.4. The lowest BCUT2D eigenvalue weighted by Gasteiger charge is -2.21. The number of carbonyl (C=O) groups excluding carboxylic acids is 2. The van der Waals surface area contributed by atoms with Gasteiger partial charge in [-0.25, -0.2) is 0 Å². The SMILES string of the molecule is CC(=N/N=C1\NC(=O)CC(C(=O)Nc2ccc(Cl)cc2)S1)c1ccc(Br)s1. The number of nitrogens with zero attached hydrogens (tertiary/aromatic N) is 2. The summed E-state index contributed by atoms with van der Waals surface area (Å²) in [6.45, 7) is 1.84. The summed E-state index contributed by atoms with van der Waals surface area (Å²) in [4.78, 5) is 25.4. The van der Waals surface area contributed by atoms with Gasteiger partial charge in [-0.15, -0.1) is 16.4 Å². The van der Waals surface area contributed by atoms with Gasteiger partial charge in [-0.1, -0.05) is 23.4 Å². The standard InChI is InChI=1S/C17H14BrClN4O2S2/c1-9(12-6-7-14(18)26-12)22-23-17-21-15(24)8-13(27-17)16(25)20-11-4-2-10(19)3-5-11/h2-7,13H,8H2,1H3,(H,20,25)(H,21,23,24). The molecule has 0 bridgehead atoms. The fourth-order valence-corrected chi connectivity index (χ4v) is 4.56. The second kappa shape index (κ2) is 9.01. The lowest BCUT2D eigenvalue weighted by Crippen LogP contribution is -2.41. The first-order chi connectivity index (χ1) is 12.9. The molecule has 1 aromatic heterocycles. The summed E-state index contributed by atoms with van der Waals surface area (Å²) in [5.74, 6) is -0.539. The molecule has 2 amide bonds. The molecule has 1 aliphatic heterocycles. The van der Waals surface area contributed by atoms with Gasteiger partial charge in [0.2, 0.25) is 11.8 Å². The van der Waals surface area contributed by atoms with E-state index in [1.165, 1.54) is 23.1 Å². The number of rotatable bonds is 4. The Kier molecular flexibility index (Phi) is 6.69. The Morgan fingerprint density at radius 3 is 2.70 bits per heavy atom. The van der Waals surface area contributed by atoms with Crippen LogP contribution in [0.5, 0.6) is 0 Å². The molecule has 1 aliphatic rings. The molecule has 27 heavy (non-hydrogen) atoms. The van der Waals surface area contributed by atoms with Crippen molar-refractivity contribution in [3.63, 3.8) is 0 Å². The second-order valence-corrected chi connectivity index (χ2v) is 9.64. The fourth-order valence-electron chi connectivity index (χ4n) is 2.17. The van der Waals surface area contributed by atoms with E-state index in [0.29, 0.717) is 15.9 Å². The minimum absolute atomic E-state index is 0.0731. The number of hydrogen-bond acceptors (Lipinski definition) is 6. The Labute approximate surface area is 177 Å². The summed E-state index contributed by atoms with van der Waals surface area (Å²) >= 11 is 12.0. The summed E-state index contributed by atoms with van der Waals surface area (Å²) in [5, 5.41) is 14.0. The lowest BCUT2D eigenvalue weighted by molar-refractivity contribution is -0.123. The maximum atomic E-state index is 12.5. The van der Waals surface area contributed by atoms with Gasteiger partial charge in [-0.3, -0.25) is 9.59 Å². The number of halogens is 2. The van der Waals surface area contributed by atoms with Crippen molar-refractivity contribution in [3.05, 3.63) is 50.1 Å². The maximum absolute atomic E-state index is 12.5. The van der Waals surface area contributed by atoms with E-state index < -0.39 is 5.25 Å². The average molecular weight is 486 g/mol. The van der Waals surface area contributed by atoms with Gasteiger partial charge < -0.3 is 10.6 Å². The summed E-state index contributed by atoms with van der Waals surface area (Å²) in [6, 6.07) is 10.6. The van der Waals surface area contributed by atoms with Crippen molar-refractivity contribution in [2.45, 2.75) is 18.6 Å². The highest BCUT2D eigenvalue weighted by atomic mass is 79.9. The largest absolute Gasteiger partial charge is 0.325 e. The normalized spacial score (nSPS) is 19.1. The van der Waals surface area contributed by atoms with Gasteiger partial charge in [0, 0.05) is 17.1 Å². The summed E-state index contributed by atoms with van der Waals surface area (Å²) in [5.41, 5.74) is 1.34. The molecule has 1 fully saturated rings. The van der Waals surface area contributed by atoms with Gasteiger partial charge in [-0.05, 0) is 59.3 Å². The van der Waals surface area contributed by atoms with E-state index in [1.54, 1.807) is 24.3 Å². The smallest absolute Gasteiger partial charge is 0.238 e. The van der Waals surface area contributed by atoms with Crippen molar-refractivity contribution < 1.29 is 9.59 Å². The molecule has 10 heteroatoms. The zero-order valence-electron chi connectivity index (χ0n) is 14.0. The molecular formula is C17H14BrClN4O2S2. The van der Waals surface area contributed by atoms with E-state index in [9.17, 15) is 9.59 Å². The first-order valence-electron chi connectivity index (χ1n) is 7.81. The number of amides is 2. The van der Waals surface area contributed by atoms with Crippen molar-refractivity contribution in [1.82, 2.24) is 5.32 Å². The van der Waals surface area contributed by atoms with Gasteiger partial charge in [0.1, 0.15) is 5.25 Å². The van der Waals surface area contributed by atoms with Crippen molar-refractivity contribution in [3.8, 4) is 0 Å². The number of benzene rings is 1. The monoisotopic (exact) mass is 484 g/mol. The first-order valence-corrected chi connectivity index (χ1v) is 10.7. The first kappa shape index (κ1) is 20.1. The van der Waals surface area contributed by atoms with Crippen LogP contribution >= 0.6 is 50.6 Å². The quantitative estimate of drug-likeness (QED) is 0.494. The Morgan fingerprint density at radius 1 is 1.30 bits per heavy atom. The predicted octanol–water partition coefficient (Wildman–Crippen LogP) is 4.50. The molecule has 0 aliphatic carbocycles. The highest BCUT2D eigenvalue weighted by molar-refractivity contribution is 9.11. The molecule has 2 aromatic rings. The Morgan fingerprint density at radius 2 is 2.04 bits per heavy atom. The summed E-state index contributed by atoms with van der Waals surface area (Å²) in [7, 11) is 0. The molecule has 2 N–H and O–H groups in total. The van der Waals surface area contributed by atoms with E-state index in [2.05, 4.69) is 36.8 Å². The van der Waals surface area contributed by atoms with Crippen molar-refractivity contribution in [2.75, 3.05) is 5.32 Å². The van der Waals surface area contributed by atoms with Crippen LogP contribution in [0.4, 0.5) is 5.69 Å². The fraction of sp³-hybridized carbons (Fsp3) is 0.176. The topological polar surface area (TPSA) is 82.9 Å². The Hall–Kier alpha value is -1.68. The highest BCUT2D eigenvalue weighted by Gasteiger charge is 2.30. The van der Waals surface area contributed by atoms with Gasteiger partial charge in [0.15, 0.2) is 5.17 Å². The van der Waals surface area contributed by atoms with Gasteiger partial charge in [-0.2, -0.15) is 5.10 Å². The van der Waals surface area contributed by atoms with Gasteiger partial charge >= 0.3 is 0 Å². The van der Waals surface area contributed by atoms with Crippen LogP contribution in [-0.2, 0) is 9.59 Å². The van der Waals surface area contributed by atoms with E-state index in [4.69, 9.17) is 11.6 Å². The molecule has 1 aromatic carbocycles. The minimum atomic E-state index is -0.584. The minimum Gasteiger partial charge on any atom is -0.325 e. The van der Waals surface area contributed by atoms with Gasteiger partial charge in [0.25, 0.3) is 0 Å². The highest BCUT2D eigenvalue weighted by Crippen LogP contribution is 2.24. The third kappa shape index (κ3) is 5.65. The average Bonchev–Trinajstić information content (AvgIpc) is 3.07. The molecule has 140 valence electrons. The van der Waals surface area contributed by atoms with Crippen LogP contribution in [0, 0.1) is 0 Å². The maximum Gasteiger partial charge on any atom is 0.238 e. The van der Waals surface area contributed by atoms with Crippen LogP contribution in [0.3, 0.4) is 0 Å². The molecule has 3 rings (SSSR count). The number of nitrogens with one attached hydrogen (secondary N) is 2. The predicted molar refractivity (Wildman–Crippen MR) is 116 cm³/mol. The van der Waals surface area contributed by atoms with Crippen molar-refractivity contribution >= 4 is 79.0 Å². The number of thiophene rings is 1.